The molecule has 0 bridgehead atoms. The largest absolute Gasteiger partial charge is 0.116 e. The number of hydrogen-bond donors (Lipinski definition) is 0. The van der Waals surface area contributed by atoms with E-state index in [0.717, 1.165) is 11.3 Å². The van der Waals surface area contributed by atoms with Gasteiger partial charge in [-0.05, 0) is 71.1 Å². The molecule has 0 saturated heterocycles. The van der Waals surface area contributed by atoms with E-state index in [-0.39, 0.29) is 0 Å². The normalized spacial score (nSPS) is 18.1. The van der Waals surface area contributed by atoms with Crippen molar-refractivity contribution in [3.05, 3.63) is 59.7 Å². The Morgan fingerprint density at radius 3 is 1.68 bits per heavy atom. The first kappa shape index (κ1) is 24.5. The quantitative estimate of drug-likeness (QED) is 0.409. The maximum absolute atomic E-state index is 2.37. The van der Waals surface area contributed by atoms with E-state index in [2.05, 4.69) is 76.2 Å². The maximum Gasteiger partial charge on any atom is -0.0149 e. The highest BCUT2D eigenvalue weighted by Gasteiger charge is 2.20. The minimum Gasteiger partial charge on any atom is -0.116 e. The molecule has 0 nitrogen and oxygen atoms in total. The minimum atomic E-state index is 0.555. The second-order valence-corrected chi connectivity index (χ2v) is 12.3. The Bertz CT molecular complexity index is 733. The summed E-state index contributed by atoms with van der Waals surface area (Å²) in [6.07, 6.45) is 15.4. The highest BCUT2D eigenvalue weighted by Crippen LogP contribution is 2.41. The van der Waals surface area contributed by atoms with Crippen LogP contribution in [-0.4, -0.2) is 11.3 Å². The van der Waals surface area contributed by atoms with E-state index in [1.54, 1.807) is 25.7 Å². The van der Waals surface area contributed by atoms with Crippen molar-refractivity contribution >= 4 is 8.58 Å². The first-order valence-corrected chi connectivity index (χ1v) is 14.2. The minimum absolute atomic E-state index is 0.555. The van der Waals surface area contributed by atoms with E-state index in [0.29, 0.717) is 11.8 Å². The Hall–Kier alpha value is -1.13. The SMILES string of the molecule is C1CCC(PC2CCCCC2)CC1.CC(C)c1ccc(-c2ccccc2)c(C(C)C)c1. The van der Waals surface area contributed by atoms with Gasteiger partial charge in [-0.25, -0.2) is 0 Å². The number of benzene rings is 2. The smallest absolute Gasteiger partial charge is 0.0149 e. The average molecular weight is 437 g/mol. The van der Waals surface area contributed by atoms with Gasteiger partial charge in [-0.15, -0.1) is 8.58 Å². The van der Waals surface area contributed by atoms with Crippen LogP contribution in [0.5, 0.6) is 0 Å². The fraction of sp³-hybridized carbons (Fsp3) is 0.600. The van der Waals surface area contributed by atoms with Crippen molar-refractivity contribution in [2.45, 2.75) is 115 Å². The van der Waals surface area contributed by atoms with Crippen molar-refractivity contribution in [2.75, 3.05) is 0 Å². The molecule has 4 rings (SSSR count). The summed E-state index contributed by atoms with van der Waals surface area (Å²) in [5.41, 5.74) is 7.87. The topological polar surface area (TPSA) is 0 Å². The van der Waals surface area contributed by atoms with Gasteiger partial charge < -0.3 is 0 Å². The molecule has 31 heavy (non-hydrogen) atoms. The van der Waals surface area contributed by atoms with E-state index < -0.39 is 0 Å². The first-order valence-electron chi connectivity index (χ1n) is 13.0. The van der Waals surface area contributed by atoms with Gasteiger partial charge in [0.25, 0.3) is 0 Å². The zero-order valence-corrected chi connectivity index (χ0v) is 21.5. The van der Waals surface area contributed by atoms with Gasteiger partial charge in [0.2, 0.25) is 0 Å². The summed E-state index contributed by atoms with van der Waals surface area (Å²) in [4.78, 5) is 0. The fourth-order valence-electron chi connectivity index (χ4n) is 5.17. The molecular weight excluding hydrogens is 391 g/mol. The van der Waals surface area contributed by atoms with E-state index >= 15 is 0 Å². The van der Waals surface area contributed by atoms with Crippen molar-refractivity contribution in [1.29, 1.82) is 0 Å². The predicted octanol–water partition coefficient (Wildman–Crippen LogP) is 9.93. The van der Waals surface area contributed by atoms with E-state index in [9.17, 15) is 0 Å². The lowest BCUT2D eigenvalue weighted by molar-refractivity contribution is 0.490. The molecule has 2 saturated carbocycles. The molecule has 2 aromatic carbocycles. The molecule has 0 amide bonds. The summed E-state index contributed by atoms with van der Waals surface area (Å²) in [5, 5.41) is 0. The predicted molar refractivity (Wildman–Crippen MR) is 142 cm³/mol. The lowest BCUT2D eigenvalue weighted by Crippen LogP contribution is -2.14. The Kier molecular flexibility index (Phi) is 10.1. The highest BCUT2D eigenvalue weighted by atomic mass is 31.1. The fourth-order valence-corrected chi connectivity index (χ4v) is 7.32. The molecule has 0 aliphatic heterocycles. The lowest BCUT2D eigenvalue weighted by atomic mass is 9.88. The third-order valence-electron chi connectivity index (χ3n) is 7.13. The summed E-state index contributed by atoms with van der Waals surface area (Å²) in [7, 11) is 1.33. The monoisotopic (exact) mass is 436 g/mol. The molecule has 2 fully saturated rings. The van der Waals surface area contributed by atoms with Gasteiger partial charge in [-0.2, -0.15) is 0 Å². The molecule has 0 radical (unpaired) electrons. The zero-order valence-electron chi connectivity index (χ0n) is 20.5. The van der Waals surface area contributed by atoms with Gasteiger partial charge in [-0.1, -0.05) is 115 Å². The Balaban J connectivity index is 0.000000185. The first-order chi connectivity index (χ1) is 15.0. The van der Waals surface area contributed by atoms with Crippen molar-refractivity contribution in [3.8, 4) is 11.1 Å². The molecule has 0 atom stereocenters. The van der Waals surface area contributed by atoms with Crippen LogP contribution in [0, 0.1) is 0 Å². The maximum atomic E-state index is 2.37. The molecule has 2 aliphatic rings. The van der Waals surface area contributed by atoms with Crippen LogP contribution in [0.3, 0.4) is 0 Å². The van der Waals surface area contributed by atoms with Gasteiger partial charge >= 0.3 is 0 Å². The standard InChI is InChI=1S/C18H22.C12H23P/c1-13(2)16-10-11-17(18(12-16)14(3)4)15-8-6-5-7-9-15;1-3-7-11(8-4-1)13-12-9-5-2-6-10-12/h5-14H,1-4H3;11-13H,1-10H2. The van der Waals surface area contributed by atoms with Gasteiger partial charge in [0, 0.05) is 0 Å². The van der Waals surface area contributed by atoms with Crippen molar-refractivity contribution in [3.63, 3.8) is 0 Å². The van der Waals surface area contributed by atoms with E-state index in [1.807, 2.05) is 0 Å². The van der Waals surface area contributed by atoms with Crippen LogP contribution in [0.4, 0.5) is 0 Å². The molecule has 0 spiro atoms. The van der Waals surface area contributed by atoms with Crippen LogP contribution in [0.2, 0.25) is 0 Å². The summed E-state index contributed by atoms with van der Waals surface area (Å²) < 4.78 is 0. The molecule has 0 aromatic heterocycles. The Morgan fingerprint density at radius 2 is 1.19 bits per heavy atom. The summed E-state index contributed by atoms with van der Waals surface area (Å²) >= 11 is 0. The van der Waals surface area contributed by atoms with Crippen LogP contribution >= 0.6 is 8.58 Å². The highest BCUT2D eigenvalue weighted by molar-refractivity contribution is 7.39. The van der Waals surface area contributed by atoms with E-state index in [4.69, 9.17) is 0 Å². The molecule has 1 heteroatoms. The molecule has 0 unspecified atom stereocenters. The Labute approximate surface area is 194 Å². The lowest BCUT2D eigenvalue weighted by Gasteiger charge is -2.28. The van der Waals surface area contributed by atoms with Crippen LogP contribution in [0.15, 0.2) is 48.5 Å². The van der Waals surface area contributed by atoms with Crippen LogP contribution in [-0.2, 0) is 0 Å². The van der Waals surface area contributed by atoms with Crippen LogP contribution in [0.1, 0.15) is 115 Å². The summed E-state index contributed by atoms with van der Waals surface area (Å²) in [5.74, 6) is 1.14. The summed E-state index contributed by atoms with van der Waals surface area (Å²) in [6, 6.07) is 17.6. The summed E-state index contributed by atoms with van der Waals surface area (Å²) in [6.45, 7) is 9.04. The second kappa shape index (κ2) is 12.8. The third kappa shape index (κ3) is 7.75. The van der Waals surface area contributed by atoms with Crippen molar-refractivity contribution in [1.82, 2.24) is 0 Å². The van der Waals surface area contributed by atoms with Gasteiger partial charge in [0.15, 0.2) is 0 Å². The second-order valence-electron chi connectivity index (χ2n) is 10.4. The molecule has 2 aliphatic carbocycles. The van der Waals surface area contributed by atoms with Gasteiger partial charge in [-0.3, -0.25) is 0 Å². The van der Waals surface area contributed by atoms with E-state index in [1.165, 1.54) is 69.4 Å². The number of rotatable bonds is 5. The van der Waals surface area contributed by atoms with Crippen molar-refractivity contribution in [2.24, 2.45) is 0 Å². The van der Waals surface area contributed by atoms with Gasteiger partial charge in [0.1, 0.15) is 0 Å². The molecule has 0 heterocycles. The molecular formula is C30H45P. The van der Waals surface area contributed by atoms with Crippen molar-refractivity contribution < 1.29 is 0 Å². The number of hydrogen-bond acceptors (Lipinski definition) is 0. The Morgan fingerprint density at radius 1 is 0.645 bits per heavy atom. The van der Waals surface area contributed by atoms with Gasteiger partial charge in [0.05, 0.1) is 0 Å². The molecule has 2 aromatic rings. The third-order valence-corrected chi connectivity index (χ3v) is 9.23. The van der Waals surface area contributed by atoms with Crippen LogP contribution in [0.25, 0.3) is 11.1 Å². The zero-order chi connectivity index (χ0) is 22.1. The van der Waals surface area contributed by atoms with Crippen LogP contribution < -0.4 is 0 Å². The molecule has 170 valence electrons. The molecule has 0 N–H and O–H groups in total. The average Bonchev–Trinajstić information content (AvgIpc) is 2.81.